The standard InChI is InChI=1S/C65H100O12/c1-4-7-10-13-16-19-22-25-28-29-32-33-36-39-42-45-48-51-57(66)73-54-56(75-58(67)52-49-46-43-40-37-34-30-26-23-20-17-14-11-8-5-2)55-74-65-63(61(70)60(69)62(77-65)64(71)72)76-59(68)53-50-47-44-41-38-35-31-27-24-21-18-15-12-9-6-3/h8-9,11-12,16-21,25-28,30-31,37-38,40-41,47,50,56,60-63,65,69-70H,4-7,10,13-15,22-24,29,32-36,39,42-46,48-49,51-55H2,1-3H3,(H,71,72)/b11-8-,12-9-,19-16-,20-17-,21-18-,28-25-,30-26-,31-27-,40-37-,41-38-,50-47-. The molecule has 1 heterocycles. The number of aliphatic carboxylic acids is 1. The van der Waals surface area contributed by atoms with Gasteiger partial charge in [-0.05, 0) is 116 Å². The summed E-state index contributed by atoms with van der Waals surface area (Å²) >= 11 is 0. The number of allylic oxidation sites excluding steroid dienone is 21. The van der Waals surface area contributed by atoms with Gasteiger partial charge in [0.2, 0.25) is 0 Å². The third-order valence-corrected chi connectivity index (χ3v) is 12.2. The number of carbonyl (C=O) groups excluding carboxylic acids is 3. The topological polar surface area (TPSA) is 175 Å². The molecule has 1 rings (SSSR count). The van der Waals surface area contributed by atoms with Crippen molar-refractivity contribution in [3.05, 3.63) is 134 Å². The predicted molar refractivity (Wildman–Crippen MR) is 312 cm³/mol. The van der Waals surface area contributed by atoms with Crippen molar-refractivity contribution in [2.24, 2.45) is 0 Å². The van der Waals surface area contributed by atoms with Gasteiger partial charge in [-0.3, -0.25) is 14.4 Å². The number of rotatable bonds is 47. The highest BCUT2D eigenvalue weighted by atomic mass is 16.7. The van der Waals surface area contributed by atoms with Gasteiger partial charge in [-0.1, -0.05) is 199 Å². The maximum absolute atomic E-state index is 13.1. The van der Waals surface area contributed by atoms with Crippen LogP contribution >= 0.6 is 0 Å². The number of ether oxygens (including phenoxy) is 5. The fourth-order valence-electron chi connectivity index (χ4n) is 7.82. The summed E-state index contributed by atoms with van der Waals surface area (Å²) in [6, 6.07) is 0. The van der Waals surface area contributed by atoms with Crippen LogP contribution in [-0.2, 0) is 42.9 Å². The summed E-state index contributed by atoms with van der Waals surface area (Å²) in [7, 11) is 0. The van der Waals surface area contributed by atoms with Gasteiger partial charge < -0.3 is 39.0 Å². The fourth-order valence-corrected chi connectivity index (χ4v) is 7.82. The van der Waals surface area contributed by atoms with E-state index in [2.05, 4.69) is 130 Å². The smallest absolute Gasteiger partial charge is 0.335 e. The lowest BCUT2D eigenvalue weighted by atomic mass is 9.98. The Labute approximate surface area is 464 Å². The third-order valence-electron chi connectivity index (χ3n) is 12.2. The van der Waals surface area contributed by atoms with E-state index in [4.69, 9.17) is 23.7 Å². The SMILES string of the molecule is CC/C=C\C/C=C\C/C=C\C/C=C\C/C=C\CC(=O)OC1C(OCC(COC(=O)CCCCCCCCC/C=C\C/C=C\CCCCC)OC(=O)CCCC/C=C\C/C=C\C/C=C\C/C=C\CC)OC(C(=O)O)C(O)C1O. The number of carboxylic acid groups (broad SMARTS) is 1. The van der Waals surface area contributed by atoms with Crippen LogP contribution in [0.4, 0.5) is 0 Å². The van der Waals surface area contributed by atoms with Gasteiger partial charge in [0.1, 0.15) is 18.8 Å². The van der Waals surface area contributed by atoms with Crippen molar-refractivity contribution < 1.29 is 58.2 Å². The van der Waals surface area contributed by atoms with Crippen LogP contribution in [0.3, 0.4) is 0 Å². The largest absolute Gasteiger partial charge is 0.479 e. The van der Waals surface area contributed by atoms with E-state index in [-0.39, 0.29) is 25.9 Å². The summed E-state index contributed by atoms with van der Waals surface area (Å²) in [6.45, 7) is 5.63. The Kier molecular flexibility index (Phi) is 46.8. The van der Waals surface area contributed by atoms with Crippen molar-refractivity contribution in [2.45, 2.75) is 237 Å². The van der Waals surface area contributed by atoms with Crippen molar-refractivity contribution in [1.29, 1.82) is 0 Å². The number of esters is 3. The van der Waals surface area contributed by atoms with E-state index >= 15 is 0 Å². The number of unbranched alkanes of at least 4 members (excludes halogenated alkanes) is 12. The summed E-state index contributed by atoms with van der Waals surface area (Å²) in [4.78, 5) is 51.0. The zero-order valence-corrected chi connectivity index (χ0v) is 47.4. The molecule has 6 atom stereocenters. The molecular weight excluding hydrogens is 973 g/mol. The molecule has 0 aromatic heterocycles. The van der Waals surface area contributed by atoms with Crippen LogP contribution in [0.25, 0.3) is 0 Å². The number of hydrogen-bond acceptors (Lipinski definition) is 11. The summed E-state index contributed by atoms with van der Waals surface area (Å²) in [5.74, 6) is -3.37. The fraction of sp³-hybridized carbons (Fsp3) is 0.600. The lowest BCUT2D eigenvalue weighted by Gasteiger charge is -2.40. The van der Waals surface area contributed by atoms with Gasteiger partial charge in [-0.2, -0.15) is 0 Å². The van der Waals surface area contributed by atoms with Crippen LogP contribution < -0.4 is 0 Å². The summed E-state index contributed by atoms with van der Waals surface area (Å²) in [5, 5.41) is 31.4. The molecule has 6 unspecified atom stereocenters. The number of carboxylic acids is 1. The zero-order chi connectivity index (χ0) is 56.1. The highest BCUT2D eigenvalue weighted by Gasteiger charge is 2.50. The molecule has 0 amide bonds. The average molecular weight is 1070 g/mol. The first-order valence-corrected chi connectivity index (χ1v) is 29.2. The summed E-state index contributed by atoms with van der Waals surface area (Å²) in [6.07, 6.45) is 60.2. The first-order chi connectivity index (χ1) is 37.6. The van der Waals surface area contributed by atoms with E-state index in [0.29, 0.717) is 19.3 Å². The Bertz CT molecular complexity index is 1850. The second-order valence-electron chi connectivity index (χ2n) is 19.2. The molecular formula is C65H100O12. The summed E-state index contributed by atoms with van der Waals surface area (Å²) < 4.78 is 28.2. The Hall–Kier alpha value is -5.14. The number of aliphatic hydroxyl groups is 2. The second kappa shape index (κ2) is 51.6. The molecule has 1 aliphatic rings. The van der Waals surface area contributed by atoms with Crippen molar-refractivity contribution in [3.63, 3.8) is 0 Å². The molecule has 1 saturated heterocycles. The van der Waals surface area contributed by atoms with E-state index in [1.54, 1.807) is 12.2 Å². The number of carbonyl (C=O) groups is 4. The van der Waals surface area contributed by atoms with E-state index in [1.165, 1.54) is 32.1 Å². The van der Waals surface area contributed by atoms with Gasteiger partial charge in [0.25, 0.3) is 0 Å². The highest BCUT2D eigenvalue weighted by molar-refractivity contribution is 5.74. The van der Waals surface area contributed by atoms with Crippen LogP contribution in [0.2, 0.25) is 0 Å². The first-order valence-electron chi connectivity index (χ1n) is 29.2. The van der Waals surface area contributed by atoms with Crippen molar-refractivity contribution in [2.75, 3.05) is 13.2 Å². The van der Waals surface area contributed by atoms with Crippen LogP contribution in [0.15, 0.2) is 134 Å². The van der Waals surface area contributed by atoms with Crippen LogP contribution in [-0.4, -0.2) is 89.2 Å². The Morgan fingerprint density at radius 2 is 0.857 bits per heavy atom. The summed E-state index contributed by atoms with van der Waals surface area (Å²) in [5.41, 5.74) is 0. The van der Waals surface area contributed by atoms with Gasteiger partial charge in [0.05, 0.1) is 13.0 Å². The van der Waals surface area contributed by atoms with Crippen molar-refractivity contribution in [3.8, 4) is 0 Å². The van der Waals surface area contributed by atoms with Gasteiger partial charge in [-0.15, -0.1) is 0 Å². The Morgan fingerprint density at radius 1 is 0.455 bits per heavy atom. The molecule has 0 aliphatic carbocycles. The molecule has 0 bridgehead atoms. The minimum atomic E-state index is -1.95. The molecule has 0 saturated carbocycles. The maximum Gasteiger partial charge on any atom is 0.335 e. The van der Waals surface area contributed by atoms with E-state index in [9.17, 15) is 34.5 Å². The molecule has 0 aromatic rings. The second-order valence-corrected chi connectivity index (χ2v) is 19.2. The lowest BCUT2D eigenvalue weighted by molar-refractivity contribution is -0.301. The van der Waals surface area contributed by atoms with E-state index in [0.717, 1.165) is 109 Å². The van der Waals surface area contributed by atoms with Crippen LogP contribution in [0.1, 0.15) is 201 Å². The molecule has 432 valence electrons. The predicted octanol–water partition coefficient (Wildman–Crippen LogP) is 15.0. The first kappa shape index (κ1) is 69.9. The normalized spacial score (nSPS) is 19.0. The van der Waals surface area contributed by atoms with Gasteiger partial charge in [0, 0.05) is 12.8 Å². The molecule has 0 aromatic carbocycles. The van der Waals surface area contributed by atoms with Crippen molar-refractivity contribution in [1.82, 2.24) is 0 Å². The number of aliphatic hydroxyl groups excluding tert-OH is 2. The van der Waals surface area contributed by atoms with Gasteiger partial charge in [-0.25, -0.2) is 4.79 Å². The molecule has 1 fully saturated rings. The lowest BCUT2D eigenvalue weighted by Crippen LogP contribution is -2.61. The third kappa shape index (κ3) is 41.6. The molecule has 77 heavy (non-hydrogen) atoms. The molecule has 0 radical (unpaired) electrons. The molecule has 0 spiro atoms. The van der Waals surface area contributed by atoms with E-state index in [1.807, 2.05) is 12.2 Å². The molecule has 12 nitrogen and oxygen atoms in total. The number of hydrogen-bond donors (Lipinski definition) is 3. The van der Waals surface area contributed by atoms with Crippen molar-refractivity contribution >= 4 is 23.9 Å². The zero-order valence-electron chi connectivity index (χ0n) is 47.4. The Morgan fingerprint density at radius 3 is 1.34 bits per heavy atom. The monoisotopic (exact) mass is 1070 g/mol. The highest BCUT2D eigenvalue weighted by Crippen LogP contribution is 2.26. The van der Waals surface area contributed by atoms with Crippen LogP contribution in [0, 0.1) is 0 Å². The minimum Gasteiger partial charge on any atom is -0.479 e. The average Bonchev–Trinajstić information content (AvgIpc) is 3.43. The molecule has 1 aliphatic heterocycles. The molecule has 12 heteroatoms. The van der Waals surface area contributed by atoms with Gasteiger partial charge >= 0.3 is 23.9 Å². The minimum absolute atomic E-state index is 0.0908. The molecule has 3 N–H and O–H groups in total. The van der Waals surface area contributed by atoms with E-state index < -0.39 is 67.3 Å². The van der Waals surface area contributed by atoms with Crippen LogP contribution in [0.5, 0.6) is 0 Å². The Balaban J connectivity index is 2.79. The maximum atomic E-state index is 13.1. The quantitative estimate of drug-likeness (QED) is 0.0228. The van der Waals surface area contributed by atoms with Gasteiger partial charge in [0.15, 0.2) is 24.6 Å².